The third-order valence-electron chi connectivity index (χ3n) is 1.13. The molecular formula is C6H9FN4S. The average Bonchev–Trinajstić information content (AvgIpc) is 2.09. The van der Waals surface area contributed by atoms with Gasteiger partial charge >= 0.3 is 0 Å². The topological polar surface area (TPSA) is 63.8 Å². The van der Waals surface area contributed by atoms with Crippen molar-refractivity contribution in [2.24, 2.45) is 5.84 Å². The van der Waals surface area contributed by atoms with Crippen LogP contribution >= 0.6 is 11.8 Å². The van der Waals surface area contributed by atoms with E-state index in [0.29, 0.717) is 5.16 Å². The zero-order chi connectivity index (χ0) is 8.97. The highest BCUT2D eigenvalue weighted by Crippen LogP contribution is 2.15. The van der Waals surface area contributed by atoms with Crippen molar-refractivity contribution in [3.8, 4) is 0 Å². The largest absolute Gasteiger partial charge is 0.306 e. The van der Waals surface area contributed by atoms with E-state index in [1.165, 1.54) is 11.8 Å². The number of nitrogen functional groups attached to an aromatic ring is 1. The summed E-state index contributed by atoms with van der Waals surface area (Å²) in [5.74, 6) is 5.35. The number of hydrogen-bond acceptors (Lipinski definition) is 5. The number of aromatic nitrogens is 2. The number of rotatable bonds is 3. The molecule has 1 aromatic rings. The molecule has 0 atom stereocenters. The molecule has 0 saturated carbocycles. The lowest BCUT2D eigenvalue weighted by Gasteiger charge is -2.01. The van der Waals surface area contributed by atoms with Gasteiger partial charge in [-0.25, -0.2) is 20.2 Å². The third kappa shape index (κ3) is 2.05. The quantitative estimate of drug-likeness (QED) is 0.321. The van der Waals surface area contributed by atoms with E-state index < -0.39 is 5.82 Å². The maximum Gasteiger partial charge on any atom is 0.189 e. The van der Waals surface area contributed by atoms with Crippen LogP contribution in [-0.2, 0) is 0 Å². The Morgan fingerprint density at radius 3 is 3.08 bits per heavy atom. The van der Waals surface area contributed by atoms with Gasteiger partial charge in [0.15, 0.2) is 16.8 Å². The maximum absolute atomic E-state index is 12.7. The summed E-state index contributed by atoms with van der Waals surface area (Å²) in [4.78, 5) is 7.58. The fraction of sp³-hybridized carbons (Fsp3) is 0.333. The first-order valence-corrected chi connectivity index (χ1v) is 4.38. The van der Waals surface area contributed by atoms with Crippen LogP contribution in [0.3, 0.4) is 0 Å². The van der Waals surface area contributed by atoms with Gasteiger partial charge in [-0.05, 0) is 5.75 Å². The van der Waals surface area contributed by atoms with Crippen LogP contribution in [0.1, 0.15) is 6.92 Å². The van der Waals surface area contributed by atoms with E-state index in [1.54, 1.807) is 0 Å². The number of thioether (sulfide) groups is 1. The molecular weight excluding hydrogens is 179 g/mol. The fourth-order valence-corrected chi connectivity index (χ4v) is 1.19. The van der Waals surface area contributed by atoms with Gasteiger partial charge in [-0.1, -0.05) is 18.7 Å². The zero-order valence-corrected chi connectivity index (χ0v) is 7.36. The molecule has 1 aromatic heterocycles. The molecule has 0 saturated heterocycles. The molecule has 0 aliphatic carbocycles. The Kier molecular flexibility index (Phi) is 3.24. The van der Waals surface area contributed by atoms with Crippen LogP contribution in [0, 0.1) is 5.82 Å². The van der Waals surface area contributed by atoms with Crippen molar-refractivity contribution in [1.29, 1.82) is 0 Å². The van der Waals surface area contributed by atoms with Crippen molar-refractivity contribution >= 4 is 17.6 Å². The molecule has 0 aliphatic heterocycles. The van der Waals surface area contributed by atoms with Gasteiger partial charge in [0, 0.05) is 0 Å². The smallest absolute Gasteiger partial charge is 0.189 e. The summed E-state index contributed by atoms with van der Waals surface area (Å²) in [6.45, 7) is 1.97. The molecule has 4 nitrogen and oxygen atoms in total. The predicted octanol–water partition coefficient (Wildman–Crippen LogP) is 1.01. The van der Waals surface area contributed by atoms with Crippen molar-refractivity contribution in [1.82, 2.24) is 9.97 Å². The first-order chi connectivity index (χ1) is 5.77. The second-order valence-corrected chi connectivity index (χ2v) is 3.16. The first kappa shape index (κ1) is 9.21. The minimum absolute atomic E-state index is 0.0287. The van der Waals surface area contributed by atoms with Crippen LogP contribution in [0.15, 0.2) is 11.4 Å². The molecule has 0 fully saturated rings. The molecule has 0 aliphatic rings. The van der Waals surface area contributed by atoms with Gasteiger partial charge in [-0.2, -0.15) is 0 Å². The van der Waals surface area contributed by atoms with Crippen LogP contribution in [0.4, 0.5) is 10.2 Å². The van der Waals surface area contributed by atoms with E-state index in [2.05, 4.69) is 15.4 Å². The van der Waals surface area contributed by atoms with Gasteiger partial charge in [-0.15, -0.1) is 0 Å². The number of nitrogens with zero attached hydrogens (tertiary/aromatic N) is 2. The van der Waals surface area contributed by atoms with Crippen LogP contribution in [-0.4, -0.2) is 15.7 Å². The normalized spacial score (nSPS) is 9.92. The Morgan fingerprint density at radius 1 is 1.75 bits per heavy atom. The van der Waals surface area contributed by atoms with E-state index >= 15 is 0 Å². The van der Waals surface area contributed by atoms with Crippen LogP contribution in [0.5, 0.6) is 0 Å². The molecule has 3 N–H and O–H groups in total. The standard InChI is InChI=1S/C6H9FN4S/c1-2-12-6-9-3-4(7)5(10-6)11-8/h3H,2,8H2,1H3,(H,9,10,11). The minimum Gasteiger partial charge on any atom is -0.306 e. The summed E-state index contributed by atoms with van der Waals surface area (Å²) in [5.41, 5.74) is 2.15. The summed E-state index contributed by atoms with van der Waals surface area (Å²) >= 11 is 1.43. The second-order valence-electron chi connectivity index (χ2n) is 1.93. The highest BCUT2D eigenvalue weighted by Gasteiger charge is 2.04. The van der Waals surface area contributed by atoms with Crippen LogP contribution in [0.25, 0.3) is 0 Å². The van der Waals surface area contributed by atoms with Crippen molar-refractivity contribution < 1.29 is 4.39 Å². The van der Waals surface area contributed by atoms with E-state index in [-0.39, 0.29) is 5.82 Å². The van der Waals surface area contributed by atoms with E-state index in [0.717, 1.165) is 11.9 Å². The van der Waals surface area contributed by atoms with Gasteiger partial charge in [-0.3, -0.25) is 0 Å². The molecule has 1 heterocycles. The molecule has 0 bridgehead atoms. The van der Waals surface area contributed by atoms with Gasteiger partial charge in [0.2, 0.25) is 0 Å². The van der Waals surface area contributed by atoms with Crippen molar-refractivity contribution in [3.05, 3.63) is 12.0 Å². The minimum atomic E-state index is -0.544. The Labute approximate surface area is 73.7 Å². The molecule has 0 amide bonds. The SMILES string of the molecule is CCSc1ncc(F)c(NN)n1. The maximum atomic E-state index is 12.7. The Bertz CT molecular complexity index is 268. The second kappa shape index (κ2) is 4.22. The molecule has 0 aromatic carbocycles. The third-order valence-corrected chi connectivity index (χ3v) is 1.88. The molecule has 0 radical (unpaired) electrons. The Hall–Kier alpha value is -0.880. The van der Waals surface area contributed by atoms with Crippen molar-refractivity contribution in [2.75, 3.05) is 11.2 Å². The average molecular weight is 188 g/mol. The monoisotopic (exact) mass is 188 g/mol. The lowest BCUT2D eigenvalue weighted by molar-refractivity contribution is 0.610. The highest BCUT2D eigenvalue weighted by atomic mass is 32.2. The summed E-state index contributed by atoms with van der Waals surface area (Å²) in [7, 11) is 0. The Morgan fingerprint density at radius 2 is 2.50 bits per heavy atom. The lowest BCUT2D eigenvalue weighted by Crippen LogP contribution is -2.11. The predicted molar refractivity (Wildman–Crippen MR) is 46.2 cm³/mol. The summed E-state index contributed by atoms with van der Waals surface area (Å²) in [6.07, 6.45) is 1.10. The number of nitrogens with one attached hydrogen (secondary N) is 1. The van der Waals surface area contributed by atoms with Crippen molar-refractivity contribution in [2.45, 2.75) is 12.1 Å². The van der Waals surface area contributed by atoms with E-state index in [1.807, 2.05) is 6.92 Å². The Balaban J connectivity index is 2.89. The molecule has 0 unspecified atom stereocenters. The summed E-state index contributed by atoms with van der Waals surface area (Å²) in [6, 6.07) is 0. The van der Waals surface area contributed by atoms with Gasteiger partial charge in [0.25, 0.3) is 0 Å². The van der Waals surface area contributed by atoms with Crippen molar-refractivity contribution in [3.63, 3.8) is 0 Å². The highest BCUT2D eigenvalue weighted by molar-refractivity contribution is 7.99. The summed E-state index contributed by atoms with van der Waals surface area (Å²) in [5, 5.41) is 0.520. The number of hydrogen-bond donors (Lipinski definition) is 2. The zero-order valence-electron chi connectivity index (χ0n) is 6.54. The molecule has 6 heteroatoms. The summed E-state index contributed by atoms with van der Waals surface area (Å²) < 4.78 is 12.7. The molecule has 0 spiro atoms. The molecule has 66 valence electrons. The van der Waals surface area contributed by atoms with Crippen LogP contribution in [0.2, 0.25) is 0 Å². The number of nitrogens with two attached hydrogens (primary N) is 1. The lowest BCUT2D eigenvalue weighted by atomic mass is 10.6. The fourth-order valence-electron chi connectivity index (χ4n) is 0.651. The van der Waals surface area contributed by atoms with Crippen LogP contribution < -0.4 is 11.3 Å². The molecule has 1 rings (SSSR count). The van der Waals surface area contributed by atoms with E-state index in [9.17, 15) is 4.39 Å². The van der Waals surface area contributed by atoms with E-state index in [4.69, 9.17) is 5.84 Å². The van der Waals surface area contributed by atoms with Gasteiger partial charge in [0.1, 0.15) is 0 Å². The first-order valence-electron chi connectivity index (χ1n) is 3.40. The van der Waals surface area contributed by atoms with Gasteiger partial charge in [0.05, 0.1) is 6.20 Å². The number of anilines is 1. The molecule has 12 heavy (non-hydrogen) atoms. The van der Waals surface area contributed by atoms with Gasteiger partial charge < -0.3 is 5.43 Å². The number of halogens is 1. The number of hydrazine groups is 1.